The van der Waals surface area contributed by atoms with Crippen molar-refractivity contribution in [2.24, 2.45) is 17.3 Å². The summed E-state index contributed by atoms with van der Waals surface area (Å²) < 4.78 is 24.0. The Kier molecular flexibility index (Phi) is 9.10. The van der Waals surface area contributed by atoms with Crippen molar-refractivity contribution in [2.75, 3.05) is 59.5 Å². The summed E-state index contributed by atoms with van der Waals surface area (Å²) in [6, 6.07) is 11.5. The molecule has 6 heterocycles. The highest BCUT2D eigenvalue weighted by Gasteiger charge is 2.80. The number of hydrogen-bond acceptors (Lipinski definition) is 11. The van der Waals surface area contributed by atoms with E-state index in [2.05, 4.69) is 58.1 Å². The minimum Gasteiger partial charge on any atom is -0.494 e. The average molecular weight is 781 g/mol. The fourth-order valence-electron chi connectivity index (χ4n) is 13.3. The van der Waals surface area contributed by atoms with Gasteiger partial charge in [0.25, 0.3) is 0 Å². The van der Waals surface area contributed by atoms with Crippen LogP contribution in [0.2, 0.25) is 0 Å². The Labute approximate surface area is 334 Å². The molecule has 1 saturated carbocycles. The van der Waals surface area contributed by atoms with Gasteiger partial charge in [0.1, 0.15) is 11.7 Å². The maximum absolute atomic E-state index is 14.5. The smallest absolute Gasteiger partial charge is 0.344 e. The Morgan fingerprint density at radius 3 is 2.51 bits per heavy atom. The minimum atomic E-state index is -2.25. The molecule has 11 atom stereocenters. The predicted molar refractivity (Wildman–Crippen MR) is 214 cm³/mol. The number of aromatic nitrogens is 1. The van der Waals surface area contributed by atoms with Gasteiger partial charge in [-0.25, -0.2) is 4.79 Å². The molecule has 2 bridgehead atoms. The summed E-state index contributed by atoms with van der Waals surface area (Å²) in [5.41, 5.74) is 1.68. The number of carbonyl (C=O) groups excluding carboxylic acids is 3. The van der Waals surface area contributed by atoms with Crippen LogP contribution in [0.4, 0.5) is 5.69 Å². The van der Waals surface area contributed by atoms with E-state index in [1.807, 2.05) is 31.0 Å². The van der Waals surface area contributed by atoms with Crippen LogP contribution in [0.15, 0.2) is 48.6 Å². The summed E-state index contributed by atoms with van der Waals surface area (Å²) in [5, 5.41) is 14.4. The number of aliphatic hydroxyl groups is 1. The lowest BCUT2D eigenvalue weighted by Gasteiger charge is -2.63. The van der Waals surface area contributed by atoms with Crippen molar-refractivity contribution in [3.05, 3.63) is 70.9 Å². The second-order valence-electron chi connectivity index (χ2n) is 17.5. The van der Waals surface area contributed by atoms with Crippen LogP contribution in [-0.2, 0) is 40.6 Å². The SMILES string of the molecule is CC[C@@H]1C[C@@H]2CN(Cc3c([nH]c4ccccc34)[C@H](C(=O)OC)[C@H]2c2ccc3c(c2OC)N(C)[C@H]2[C@@](O)(C(=O)OC)[C@H](OC(C)=O)[C@]4(CC)C=CCN5CC[C@]32[C@@H]54)C1. The van der Waals surface area contributed by atoms with Crippen LogP contribution >= 0.6 is 0 Å². The van der Waals surface area contributed by atoms with Crippen LogP contribution in [0.5, 0.6) is 5.75 Å². The molecule has 3 aromatic rings. The molecule has 57 heavy (non-hydrogen) atoms. The molecular formula is C45H56N4O8. The van der Waals surface area contributed by atoms with E-state index in [1.54, 1.807) is 7.11 Å². The van der Waals surface area contributed by atoms with Crippen molar-refractivity contribution < 1.29 is 38.4 Å². The van der Waals surface area contributed by atoms with Gasteiger partial charge < -0.3 is 33.9 Å². The second-order valence-corrected chi connectivity index (χ2v) is 17.5. The maximum Gasteiger partial charge on any atom is 0.344 e. The van der Waals surface area contributed by atoms with Crippen LogP contribution in [0.3, 0.4) is 0 Å². The Bertz CT molecular complexity index is 2170. The minimum absolute atomic E-state index is 0.0880. The summed E-state index contributed by atoms with van der Waals surface area (Å²) in [5.74, 6) is -1.57. The van der Waals surface area contributed by atoms with E-state index in [0.717, 1.165) is 78.0 Å². The number of hydrogen-bond donors (Lipinski definition) is 2. The molecule has 12 nitrogen and oxygen atoms in total. The number of esters is 3. The van der Waals surface area contributed by atoms with Crippen molar-refractivity contribution in [1.29, 1.82) is 0 Å². The molecule has 9 rings (SSSR count). The molecule has 12 heteroatoms. The third-order valence-electron chi connectivity index (χ3n) is 15.2. The van der Waals surface area contributed by atoms with Crippen LogP contribution in [-0.4, -0.2) is 116 Å². The molecular weight excluding hydrogens is 725 g/mol. The number of nitrogens with one attached hydrogen (secondary N) is 1. The normalized spacial score (nSPS) is 36.3. The van der Waals surface area contributed by atoms with Crippen molar-refractivity contribution in [3.63, 3.8) is 0 Å². The number of nitrogens with zero attached hydrogens (tertiary/aromatic N) is 3. The number of methoxy groups -OCH3 is 3. The molecule has 1 unspecified atom stereocenters. The van der Waals surface area contributed by atoms with Gasteiger partial charge in [0.15, 0.2) is 6.10 Å². The number of piperidine rings is 1. The number of anilines is 1. The number of aromatic amines is 1. The van der Waals surface area contributed by atoms with Gasteiger partial charge >= 0.3 is 17.9 Å². The lowest BCUT2D eigenvalue weighted by Crippen LogP contribution is -2.81. The van der Waals surface area contributed by atoms with Crippen molar-refractivity contribution in [2.45, 2.75) is 94.0 Å². The number of H-pyrrole nitrogens is 1. The van der Waals surface area contributed by atoms with E-state index in [9.17, 15) is 19.5 Å². The van der Waals surface area contributed by atoms with Gasteiger partial charge in [0.05, 0.1) is 33.1 Å². The number of para-hydroxylation sites is 1. The molecule has 2 N–H and O–H groups in total. The van der Waals surface area contributed by atoms with Gasteiger partial charge in [-0.2, -0.15) is 0 Å². The Morgan fingerprint density at radius 2 is 1.81 bits per heavy atom. The van der Waals surface area contributed by atoms with E-state index in [4.69, 9.17) is 18.9 Å². The molecule has 0 radical (unpaired) electrons. The van der Waals surface area contributed by atoms with E-state index in [-0.39, 0.29) is 23.8 Å². The zero-order valence-electron chi connectivity index (χ0n) is 34.2. The van der Waals surface area contributed by atoms with Gasteiger partial charge in [-0.05, 0) is 54.8 Å². The van der Waals surface area contributed by atoms with E-state index in [0.29, 0.717) is 31.1 Å². The molecule has 1 spiro atoms. The number of ether oxygens (including phenoxy) is 4. The van der Waals surface area contributed by atoms with E-state index in [1.165, 1.54) is 21.1 Å². The van der Waals surface area contributed by atoms with Crippen LogP contribution in [0.1, 0.15) is 80.7 Å². The highest BCUT2D eigenvalue weighted by atomic mass is 16.6. The average Bonchev–Trinajstić information content (AvgIpc) is 3.86. The number of rotatable bonds is 7. The van der Waals surface area contributed by atoms with Gasteiger partial charge in [0.2, 0.25) is 5.60 Å². The number of likely N-dealkylation sites (N-methyl/N-ethyl adjacent to an activating group) is 1. The summed E-state index contributed by atoms with van der Waals surface area (Å²) in [6.45, 7) is 9.57. The van der Waals surface area contributed by atoms with Crippen molar-refractivity contribution in [1.82, 2.24) is 14.8 Å². The maximum atomic E-state index is 14.5. The van der Waals surface area contributed by atoms with Crippen LogP contribution in [0.25, 0.3) is 10.9 Å². The number of benzene rings is 2. The standard InChI is InChI=1S/C45H56N4O8/c1-8-26-21-27-23-48(22-26)24-30-28-13-10-11-14-32(28)46-35(30)34(38(51)55-6)33(27)29-15-16-31-36(37(29)54-5)47(4)40-44(31)18-20-49-19-12-17-43(9-2,39(44)49)41(57-25(3)50)45(40,53)42(52)56-7/h10-17,26-27,33-34,39-41,46,53H,8-9,18-24H2,1-7H3/t26-,27-,33-,34-,39+,40-,41-,43-,44-,45+/m1/s1. The molecule has 1 aliphatic carbocycles. The molecule has 304 valence electrons. The first-order valence-electron chi connectivity index (χ1n) is 20.7. The Morgan fingerprint density at radius 1 is 1.02 bits per heavy atom. The van der Waals surface area contributed by atoms with Crippen LogP contribution < -0.4 is 9.64 Å². The highest BCUT2D eigenvalue weighted by molar-refractivity contribution is 5.90. The highest BCUT2D eigenvalue weighted by Crippen LogP contribution is 2.69. The monoisotopic (exact) mass is 780 g/mol. The zero-order chi connectivity index (χ0) is 40.2. The van der Waals surface area contributed by atoms with Gasteiger partial charge in [-0.1, -0.05) is 62.8 Å². The van der Waals surface area contributed by atoms with Gasteiger partial charge in [-0.3, -0.25) is 19.4 Å². The third kappa shape index (κ3) is 4.99. The first-order chi connectivity index (χ1) is 27.4. The van der Waals surface area contributed by atoms with Crippen LogP contribution in [0, 0.1) is 17.3 Å². The topological polar surface area (TPSA) is 134 Å². The Balaban J connectivity index is 1.31. The molecule has 2 saturated heterocycles. The van der Waals surface area contributed by atoms with E-state index >= 15 is 0 Å². The summed E-state index contributed by atoms with van der Waals surface area (Å²) >= 11 is 0. The first-order valence-corrected chi connectivity index (χ1v) is 20.7. The van der Waals surface area contributed by atoms with E-state index < -0.39 is 46.4 Å². The summed E-state index contributed by atoms with van der Waals surface area (Å²) in [6.07, 6.45) is 6.06. The summed E-state index contributed by atoms with van der Waals surface area (Å²) in [7, 11) is 6.33. The fourth-order valence-corrected chi connectivity index (χ4v) is 13.3. The lowest BCUT2D eigenvalue weighted by atomic mass is 9.47. The third-order valence-corrected chi connectivity index (χ3v) is 15.2. The molecule has 2 aromatic carbocycles. The molecule has 1 aromatic heterocycles. The van der Waals surface area contributed by atoms with Crippen molar-refractivity contribution >= 4 is 34.5 Å². The van der Waals surface area contributed by atoms with Crippen molar-refractivity contribution in [3.8, 4) is 5.75 Å². The summed E-state index contributed by atoms with van der Waals surface area (Å²) in [4.78, 5) is 52.5. The number of carbonyl (C=O) groups is 3. The molecule has 0 amide bonds. The number of fused-ring (bicyclic) bond motifs is 6. The Hall–Kier alpha value is -4.39. The largest absolute Gasteiger partial charge is 0.494 e. The quantitative estimate of drug-likeness (QED) is 0.190. The molecule has 3 fully saturated rings. The molecule has 5 aliphatic heterocycles. The van der Waals surface area contributed by atoms with Gasteiger partial charge in [-0.15, -0.1) is 0 Å². The lowest BCUT2D eigenvalue weighted by molar-refractivity contribution is -0.228. The zero-order valence-corrected chi connectivity index (χ0v) is 34.2. The second kappa shape index (κ2) is 13.6. The van der Waals surface area contributed by atoms with Gasteiger partial charge in [0, 0.05) is 85.1 Å². The predicted octanol–water partition coefficient (Wildman–Crippen LogP) is 5.02. The fraction of sp³-hybridized carbons (Fsp3) is 0.578. The molecule has 6 aliphatic rings. The first kappa shape index (κ1) is 38.1.